The fourth-order valence-electron chi connectivity index (χ4n) is 9.69. The van der Waals surface area contributed by atoms with Crippen LogP contribution in [0, 0.1) is 13.8 Å². The lowest BCUT2D eigenvalue weighted by molar-refractivity contribution is -0.131. The molecule has 0 spiro atoms. The average Bonchev–Trinajstić information content (AvgIpc) is 3.97. The number of carbonyl (C=O) groups is 3. The van der Waals surface area contributed by atoms with Crippen molar-refractivity contribution in [3.8, 4) is 21.8 Å². The number of aromatic nitrogens is 3. The summed E-state index contributed by atoms with van der Waals surface area (Å²) in [5, 5.41) is 18.8. The number of hydrogen-bond donors (Lipinski definition) is 4. The second kappa shape index (κ2) is 14.5. The molecule has 0 saturated heterocycles. The van der Waals surface area contributed by atoms with Gasteiger partial charge in [0, 0.05) is 51.2 Å². The van der Waals surface area contributed by atoms with E-state index in [-0.39, 0.29) is 11.8 Å². The number of rotatable bonds is 8. The highest BCUT2D eigenvalue weighted by molar-refractivity contribution is 7.15. The molecule has 56 heavy (non-hydrogen) atoms. The number of aromatic amines is 1. The maximum absolute atomic E-state index is 14.2. The summed E-state index contributed by atoms with van der Waals surface area (Å²) in [7, 11) is 0. The number of H-pyrrole nitrogens is 1. The molecule has 2 fully saturated rings. The van der Waals surface area contributed by atoms with Crippen molar-refractivity contribution in [1.29, 1.82) is 0 Å². The average molecular weight is 766 g/mol. The van der Waals surface area contributed by atoms with Crippen LogP contribution in [0.25, 0.3) is 49.7 Å². The van der Waals surface area contributed by atoms with E-state index < -0.39 is 11.5 Å². The number of benzene rings is 3. The van der Waals surface area contributed by atoms with E-state index in [1.165, 1.54) is 76.2 Å². The SMILES string of the molecule is Cc1nc(C)c(-c2cc3c4c(ccc3[nH]2)-c2c(C3CCCCC3)c3ccc(C(=O)NC5(C(=O)Nc6ccc(C=CC(=O)O)cc6)CCCC5)cc3n2CCC4)s1. The topological polar surface area (TPSA) is 129 Å². The summed E-state index contributed by atoms with van der Waals surface area (Å²) in [4.78, 5) is 48.7. The van der Waals surface area contributed by atoms with Gasteiger partial charge in [-0.05, 0) is 117 Å². The first-order valence-corrected chi connectivity index (χ1v) is 20.9. The summed E-state index contributed by atoms with van der Waals surface area (Å²) >= 11 is 1.74. The number of amides is 2. The van der Waals surface area contributed by atoms with Gasteiger partial charge in [0.15, 0.2) is 0 Å². The predicted molar refractivity (Wildman–Crippen MR) is 224 cm³/mol. The van der Waals surface area contributed by atoms with E-state index in [0.717, 1.165) is 65.7 Å². The molecule has 3 aromatic carbocycles. The Morgan fingerprint density at radius 2 is 1.71 bits per heavy atom. The first kappa shape index (κ1) is 36.2. The monoisotopic (exact) mass is 765 g/mol. The van der Waals surface area contributed by atoms with E-state index >= 15 is 0 Å². The highest BCUT2D eigenvalue weighted by Crippen LogP contribution is 2.48. The second-order valence-corrected chi connectivity index (χ2v) is 17.2. The zero-order chi connectivity index (χ0) is 38.6. The highest BCUT2D eigenvalue weighted by Gasteiger charge is 2.43. The van der Waals surface area contributed by atoms with E-state index in [2.05, 4.69) is 64.4 Å². The molecule has 4 heterocycles. The smallest absolute Gasteiger partial charge is 0.328 e. The minimum absolute atomic E-state index is 0.231. The van der Waals surface area contributed by atoms with Crippen LogP contribution in [0.5, 0.6) is 0 Å². The van der Waals surface area contributed by atoms with Crippen molar-refractivity contribution >= 4 is 62.7 Å². The standard InChI is InChI=1S/C46H47N5O4S/c1-27-43(56-28(2)47-27)38-26-36-33-11-8-24-51-39-25-31(15-18-35(39)41(30-9-4-3-5-10-30)42(51)34(33)19-20-37(36)49-38)44(54)50-46(22-6-7-23-46)45(55)48-32-16-12-29(13-17-32)14-21-40(52)53/h12-21,25-26,30,49H,3-11,22-24H2,1-2H3,(H,48,55)(H,50,54)(H,52,53). The Balaban J connectivity index is 1.07. The summed E-state index contributed by atoms with van der Waals surface area (Å²) in [6, 6.07) is 20.1. The molecule has 0 atom stereocenters. The van der Waals surface area contributed by atoms with Crippen LogP contribution in [0.1, 0.15) is 108 Å². The largest absolute Gasteiger partial charge is 0.478 e. The fraction of sp³-hybridized carbons (Fsp3) is 0.348. The molecular weight excluding hydrogens is 719 g/mol. The quantitative estimate of drug-likeness (QED) is 0.115. The Bertz CT molecular complexity index is 2540. The molecule has 4 N–H and O–H groups in total. The van der Waals surface area contributed by atoms with Crippen LogP contribution in [-0.4, -0.2) is 43.0 Å². The molecule has 0 unspecified atom stereocenters. The molecule has 3 aliphatic rings. The molecule has 2 aliphatic carbocycles. The normalized spacial score (nSPS) is 16.9. The molecule has 6 aromatic rings. The van der Waals surface area contributed by atoms with Gasteiger partial charge in [-0.15, -0.1) is 11.3 Å². The number of aliphatic carboxylic acids is 1. The lowest BCUT2D eigenvalue weighted by atomic mass is 9.81. The fourth-order valence-corrected chi connectivity index (χ4v) is 10.6. The van der Waals surface area contributed by atoms with E-state index in [9.17, 15) is 14.4 Å². The lowest BCUT2D eigenvalue weighted by Gasteiger charge is -2.29. The van der Waals surface area contributed by atoms with Crippen LogP contribution in [0.4, 0.5) is 5.69 Å². The molecule has 2 saturated carbocycles. The van der Waals surface area contributed by atoms with E-state index in [4.69, 9.17) is 10.1 Å². The summed E-state index contributed by atoms with van der Waals surface area (Å²) in [5.41, 5.74) is 10.7. The number of thiazole rings is 1. The number of carbonyl (C=O) groups excluding carboxylic acids is 2. The van der Waals surface area contributed by atoms with Crippen LogP contribution >= 0.6 is 11.3 Å². The highest BCUT2D eigenvalue weighted by atomic mass is 32.1. The van der Waals surface area contributed by atoms with Gasteiger partial charge >= 0.3 is 5.97 Å². The molecular formula is C46H47N5O4S. The number of fused-ring (bicyclic) bond motifs is 7. The zero-order valence-corrected chi connectivity index (χ0v) is 32.8. The molecule has 10 heteroatoms. The zero-order valence-electron chi connectivity index (χ0n) is 32.0. The van der Waals surface area contributed by atoms with Crippen LogP contribution in [-0.2, 0) is 22.6 Å². The number of carboxylic acid groups (broad SMARTS) is 1. The first-order chi connectivity index (χ1) is 27.2. The molecule has 3 aromatic heterocycles. The van der Waals surface area contributed by atoms with Crippen LogP contribution in [0.3, 0.4) is 0 Å². The third-order valence-corrected chi connectivity index (χ3v) is 13.4. The van der Waals surface area contributed by atoms with Gasteiger partial charge in [-0.1, -0.05) is 56.4 Å². The Labute approximate surface area is 330 Å². The Hall–Kier alpha value is -5.48. The molecule has 0 radical (unpaired) electrons. The number of anilines is 1. The summed E-state index contributed by atoms with van der Waals surface area (Å²) in [5.74, 6) is -1.03. The minimum atomic E-state index is -1.02. The maximum Gasteiger partial charge on any atom is 0.328 e. The number of aryl methyl sites for hydroxylation is 4. The molecule has 1 aliphatic heterocycles. The van der Waals surface area contributed by atoms with Gasteiger partial charge in [-0.25, -0.2) is 9.78 Å². The van der Waals surface area contributed by atoms with Crippen molar-refractivity contribution in [3.05, 3.63) is 99.7 Å². The number of hydrogen-bond acceptors (Lipinski definition) is 5. The minimum Gasteiger partial charge on any atom is -0.478 e. The van der Waals surface area contributed by atoms with Crippen LogP contribution < -0.4 is 10.6 Å². The predicted octanol–water partition coefficient (Wildman–Crippen LogP) is 10.3. The first-order valence-electron chi connectivity index (χ1n) is 20.1. The third-order valence-electron chi connectivity index (χ3n) is 12.3. The van der Waals surface area contributed by atoms with Gasteiger partial charge in [0.05, 0.1) is 27.0 Å². The number of nitrogens with one attached hydrogen (secondary N) is 3. The maximum atomic E-state index is 14.2. The molecule has 9 rings (SSSR count). The third kappa shape index (κ3) is 6.53. The van der Waals surface area contributed by atoms with Crippen molar-refractivity contribution in [2.24, 2.45) is 0 Å². The molecule has 286 valence electrons. The summed E-state index contributed by atoms with van der Waals surface area (Å²) in [6.07, 6.45) is 13.4. The van der Waals surface area contributed by atoms with Crippen molar-refractivity contribution in [1.82, 2.24) is 19.9 Å². The van der Waals surface area contributed by atoms with E-state index in [1.54, 1.807) is 35.6 Å². The van der Waals surface area contributed by atoms with Crippen LogP contribution in [0.2, 0.25) is 0 Å². The number of nitrogens with zero attached hydrogens (tertiary/aromatic N) is 2. The van der Waals surface area contributed by atoms with Gasteiger partial charge < -0.3 is 25.3 Å². The molecule has 0 bridgehead atoms. The van der Waals surface area contributed by atoms with Gasteiger partial charge in [0.2, 0.25) is 5.91 Å². The molecule has 2 amide bonds. The van der Waals surface area contributed by atoms with Crippen LogP contribution in [0.15, 0.2) is 66.7 Å². The molecule has 9 nitrogen and oxygen atoms in total. The van der Waals surface area contributed by atoms with Gasteiger partial charge in [0.25, 0.3) is 5.91 Å². The van der Waals surface area contributed by atoms with Gasteiger partial charge in [-0.2, -0.15) is 0 Å². The second-order valence-electron chi connectivity index (χ2n) is 16.0. The van der Waals surface area contributed by atoms with Crippen molar-refractivity contribution < 1.29 is 19.5 Å². The Morgan fingerprint density at radius 3 is 2.45 bits per heavy atom. The summed E-state index contributed by atoms with van der Waals surface area (Å²) < 4.78 is 2.49. The van der Waals surface area contributed by atoms with Gasteiger partial charge in [-0.3, -0.25) is 9.59 Å². The van der Waals surface area contributed by atoms with Gasteiger partial charge in [0.1, 0.15) is 5.54 Å². The Morgan fingerprint density at radius 1 is 0.929 bits per heavy atom. The van der Waals surface area contributed by atoms with Crippen molar-refractivity contribution in [3.63, 3.8) is 0 Å². The number of carboxylic acids is 1. The van der Waals surface area contributed by atoms with E-state index in [0.29, 0.717) is 35.6 Å². The van der Waals surface area contributed by atoms with E-state index in [1.807, 2.05) is 6.07 Å². The van der Waals surface area contributed by atoms with Crippen molar-refractivity contribution in [2.75, 3.05) is 5.32 Å². The Kier molecular flexibility index (Phi) is 9.40. The van der Waals surface area contributed by atoms with Crippen molar-refractivity contribution in [2.45, 2.75) is 102 Å². The summed E-state index contributed by atoms with van der Waals surface area (Å²) in [6.45, 7) is 5.01. The lowest BCUT2D eigenvalue weighted by Crippen LogP contribution is -2.55.